The van der Waals surface area contributed by atoms with E-state index < -0.39 is 0 Å². The zero-order valence-electron chi connectivity index (χ0n) is 13.9. The molecule has 2 aromatic heterocycles. The van der Waals surface area contributed by atoms with Crippen molar-refractivity contribution in [1.29, 1.82) is 0 Å². The maximum absolute atomic E-state index is 12.5. The molecule has 5 nitrogen and oxygen atoms in total. The predicted octanol–water partition coefficient (Wildman–Crippen LogP) is 4.35. The summed E-state index contributed by atoms with van der Waals surface area (Å²) < 4.78 is 2.78. The molecule has 6 heteroatoms. The first kappa shape index (κ1) is 15.5. The number of anilines is 1. The van der Waals surface area contributed by atoms with Gasteiger partial charge >= 0.3 is 0 Å². The monoisotopic (exact) mass is 348 g/mol. The molecule has 0 radical (unpaired) electrons. The molecule has 0 saturated carbocycles. The van der Waals surface area contributed by atoms with Crippen LogP contribution in [-0.4, -0.2) is 20.7 Å². The smallest absolute Gasteiger partial charge is 0.260 e. The van der Waals surface area contributed by atoms with Gasteiger partial charge in [-0.3, -0.25) is 10.1 Å². The average molecular weight is 348 g/mol. The van der Waals surface area contributed by atoms with E-state index in [1.54, 1.807) is 17.1 Å². The molecule has 25 heavy (non-hydrogen) atoms. The quantitative estimate of drug-likeness (QED) is 0.599. The highest BCUT2D eigenvalue weighted by Crippen LogP contribution is 2.27. The first-order chi connectivity index (χ1) is 12.1. The van der Waals surface area contributed by atoms with E-state index in [1.807, 2.05) is 50.2 Å². The Bertz CT molecular complexity index is 1080. The van der Waals surface area contributed by atoms with E-state index in [0.29, 0.717) is 10.7 Å². The maximum atomic E-state index is 12.5. The van der Waals surface area contributed by atoms with E-state index in [2.05, 4.69) is 21.5 Å². The molecule has 0 aliphatic rings. The molecule has 0 spiro atoms. The molecule has 0 aliphatic carbocycles. The first-order valence-electron chi connectivity index (χ1n) is 7.89. The minimum atomic E-state index is -0.212. The zero-order valence-corrected chi connectivity index (χ0v) is 14.7. The van der Waals surface area contributed by atoms with E-state index in [1.165, 1.54) is 16.9 Å². The van der Waals surface area contributed by atoms with Gasteiger partial charge in [-0.1, -0.05) is 35.6 Å². The van der Waals surface area contributed by atoms with Crippen LogP contribution in [0.5, 0.6) is 0 Å². The number of carbonyl (C=O) groups is 1. The number of thiazole rings is 1. The highest BCUT2D eigenvalue weighted by atomic mass is 32.1. The van der Waals surface area contributed by atoms with Gasteiger partial charge in [0.05, 0.1) is 27.7 Å². The average Bonchev–Trinajstić information content (AvgIpc) is 3.21. The fourth-order valence-corrected chi connectivity index (χ4v) is 3.61. The third-order valence-electron chi connectivity index (χ3n) is 3.97. The summed E-state index contributed by atoms with van der Waals surface area (Å²) in [6.45, 7) is 4.05. The van der Waals surface area contributed by atoms with Gasteiger partial charge in [0.15, 0.2) is 5.13 Å². The first-order valence-corrected chi connectivity index (χ1v) is 8.71. The molecule has 0 bridgehead atoms. The predicted molar refractivity (Wildman–Crippen MR) is 101 cm³/mol. The highest BCUT2D eigenvalue weighted by molar-refractivity contribution is 7.22. The Balaban J connectivity index is 1.58. The Morgan fingerprint density at radius 3 is 2.84 bits per heavy atom. The number of para-hydroxylation sites is 1. The van der Waals surface area contributed by atoms with Crippen molar-refractivity contribution in [3.8, 4) is 5.69 Å². The van der Waals surface area contributed by atoms with Gasteiger partial charge in [0.25, 0.3) is 5.91 Å². The van der Waals surface area contributed by atoms with Crippen molar-refractivity contribution in [3.63, 3.8) is 0 Å². The van der Waals surface area contributed by atoms with Gasteiger partial charge < -0.3 is 0 Å². The van der Waals surface area contributed by atoms with E-state index in [0.717, 1.165) is 21.5 Å². The molecule has 1 amide bonds. The van der Waals surface area contributed by atoms with Crippen LogP contribution < -0.4 is 5.32 Å². The summed E-state index contributed by atoms with van der Waals surface area (Å²) in [6.07, 6.45) is 3.30. The lowest BCUT2D eigenvalue weighted by molar-refractivity contribution is 0.102. The van der Waals surface area contributed by atoms with Crippen LogP contribution in [0.1, 0.15) is 21.5 Å². The molecular weight excluding hydrogens is 332 g/mol. The number of aryl methyl sites for hydroxylation is 2. The van der Waals surface area contributed by atoms with Gasteiger partial charge in [0.2, 0.25) is 0 Å². The van der Waals surface area contributed by atoms with Crippen LogP contribution in [0.3, 0.4) is 0 Å². The number of rotatable bonds is 3. The SMILES string of the molecule is Cc1ccc2nc(NC(=O)c3cnn(-c4ccccc4C)c3)sc2c1. The Morgan fingerprint density at radius 1 is 1.16 bits per heavy atom. The van der Waals surface area contributed by atoms with Crippen LogP contribution in [0.4, 0.5) is 5.13 Å². The Hall–Kier alpha value is -2.99. The van der Waals surface area contributed by atoms with Crippen LogP contribution in [0.15, 0.2) is 54.9 Å². The fourth-order valence-electron chi connectivity index (χ4n) is 2.65. The lowest BCUT2D eigenvalue weighted by atomic mass is 10.2. The number of benzene rings is 2. The van der Waals surface area contributed by atoms with Crippen LogP contribution >= 0.6 is 11.3 Å². The van der Waals surface area contributed by atoms with Crippen LogP contribution in [0, 0.1) is 13.8 Å². The minimum absolute atomic E-state index is 0.212. The number of hydrogen-bond donors (Lipinski definition) is 1. The van der Waals surface area contributed by atoms with Gasteiger partial charge in [0.1, 0.15) is 0 Å². The van der Waals surface area contributed by atoms with Gasteiger partial charge in [-0.15, -0.1) is 0 Å². The highest BCUT2D eigenvalue weighted by Gasteiger charge is 2.13. The molecular formula is C19H16N4OS. The van der Waals surface area contributed by atoms with Crippen LogP contribution in [-0.2, 0) is 0 Å². The van der Waals surface area contributed by atoms with E-state index in [4.69, 9.17) is 0 Å². The molecule has 0 atom stereocenters. The molecule has 0 unspecified atom stereocenters. The molecule has 4 rings (SSSR count). The number of amides is 1. The second-order valence-corrected chi connectivity index (χ2v) is 6.94. The van der Waals surface area contributed by atoms with Crippen LogP contribution in [0.25, 0.3) is 15.9 Å². The number of hydrogen-bond acceptors (Lipinski definition) is 4. The fraction of sp³-hybridized carbons (Fsp3) is 0.105. The molecule has 4 aromatic rings. The third kappa shape index (κ3) is 3.04. The zero-order chi connectivity index (χ0) is 17.4. The molecule has 0 aliphatic heterocycles. The van der Waals surface area contributed by atoms with Crippen molar-refractivity contribution in [2.45, 2.75) is 13.8 Å². The number of fused-ring (bicyclic) bond motifs is 1. The molecule has 124 valence electrons. The number of nitrogens with zero attached hydrogens (tertiary/aromatic N) is 3. The summed E-state index contributed by atoms with van der Waals surface area (Å²) in [6, 6.07) is 14.0. The summed E-state index contributed by atoms with van der Waals surface area (Å²) in [5.41, 5.74) is 4.62. The Kier molecular flexibility index (Phi) is 3.82. The summed E-state index contributed by atoms with van der Waals surface area (Å²) in [5.74, 6) is -0.212. The van der Waals surface area contributed by atoms with E-state index in [-0.39, 0.29) is 5.91 Å². The summed E-state index contributed by atoms with van der Waals surface area (Å²) in [5, 5.41) is 7.76. The van der Waals surface area contributed by atoms with Crippen molar-refractivity contribution >= 4 is 32.6 Å². The molecule has 2 heterocycles. The summed E-state index contributed by atoms with van der Waals surface area (Å²) in [4.78, 5) is 16.9. The second kappa shape index (κ2) is 6.14. The lowest BCUT2D eigenvalue weighted by Gasteiger charge is -2.04. The largest absolute Gasteiger partial charge is 0.298 e. The van der Waals surface area contributed by atoms with Crippen molar-refractivity contribution in [2.75, 3.05) is 5.32 Å². The van der Waals surface area contributed by atoms with Crippen LogP contribution in [0.2, 0.25) is 0 Å². The standard InChI is InChI=1S/C19H16N4OS/c1-12-7-8-15-17(9-12)25-19(21-15)22-18(24)14-10-20-23(11-14)16-6-4-3-5-13(16)2/h3-11H,1-2H3,(H,21,22,24). The third-order valence-corrected chi connectivity index (χ3v) is 4.91. The van der Waals surface area contributed by atoms with Gasteiger partial charge in [-0.25, -0.2) is 9.67 Å². The second-order valence-electron chi connectivity index (χ2n) is 5.90. The van der Waals surface area contributed by atoms with Gasteiger partial charge in [-0.05, 0) is 43.2 Å². The normalized spacial score (nSPS) is 11.0. The van der Waals surface area contributed by atoms with Crippen molar-refractivity contribution in [1.82, 2.24) is 14.8 Å². The maximum Gasteiger partial charge on any atom is 0.260 e. The van der Waals surface area contributed by atoms with E-state index in [9.17, 15) is 4.79 Å². The molecule has 0 saturated heterocycles. The number of nitrogens with one attached hydrogen (secondary N) is 1. The topological polar surface area (TPSA) is 59.8 Å². The molecule has 2 aromatic carbocycles. The summed E-state index contributed by atoms with van der Waals surface area (Å²) in [7, 11) is 0. The van der Waals surface area contributed by atoms with Crippen molar-refractivity contribution in [2.24, 2.45) is 0 Å². The van der Waals surface area contributed by atoms with Gasteiger partial charge in [0, 0.05) is 6.20 Å². The van der Waals surface area contributed by atoms with Crippen molar-refractivity contribution in [3.05, 3.63) is 71.5 Å². The Morgan fingerprint density at radius 2 is 2.00 bits per heavy atom. The lowest BCUT2D eigenvalue weighted by Crippen LogP contribution is -2.10. The summed E-state index contributed by atoms with van der Waals surface area (Å²) >= 11 is 1.47. The van der Waals surface area contributed by atoms with E-state index >= 15 is 0 Å². The number of carbonyl (C=O) groups excluding carboxylic acids is 1. The molecule has 1 N–H and O–H groups in total. The Labute approximate surface area is 149 Å². The van der Waals surface area contributed by atoms with Gasteiger partial charge in [-0.2, -0.15) is 5.10 Å². The van der Waals surface area contributed by atoms with Crippen molar-refractivity contribution < 1.29 is 4.79 Å². The number of aromatic nitrogens is 3. The molecule has 0 fully saturated rings. The minimum Gasteiger partial charge on any atom is -0.298 e.